The van der Waals surface area contributed by atoms with Crippen molar-refractivity contribution in [1.82, 2.24) is 15.0 Å². The molecular weight excluding hydrogens is 361 g/mol. The van der Waals surface area contributed by atoms with Gasteiger partial charge in [0.1, 0.15) is 11.5 Å². The van der Waals surface area contributed by atoms with E-state index in [0.717, 1.165) is 23.6 Å². The monoisotopic (exact) mass is 380 g/mol. The molecule has 144 valence electrons. The van der Waals surface area contributed by atoms with E-state index in [1.165, 1.54) is 0 Å². The fourth-order valence-electron chi connectivity index (χ4n) is 3.00. The van der Waals surface area contributed by atoms with Gasteiger partial charge in [-0.25, -0.2) is 15.0 Å². The van der Waals surface area contributed by atoms with Crippen molar-refractivity contribution in [3.63, 3.8) is 0 Å². The Balaban J connectivity index is 1.69. The molecule has 27 heavy (non-hydrogen) atoms. The summed E-state index contributed by atoms with van der Waals surface area (Å²) in [4.78, 5) is 25.1. The van der Waals surface area contributed by atoms with Gasteiger partial charge in [0.25, 0.3) is 0 Å². The average molecular weight is 380 g/mol. The van der Waals surface area contributed by atoms with E-state index in [9.17, 15) is 18.0 Å². The first-order valence-corrected chi connectivity index (χ1v) is 8.47. The number of amides is 1. The van der Waals surface area contributed by atoms with Gasteiger partial charge in [0.05, 0.1) is 0 Å². The molecule has 0 radical (unpaired) electrons. The second-order valence-electron chi connectivity index (χ2n) is 6.27. The molecule has 7 nitrogen and oxygen atoms in total. The number of piperidine rings is 1. The predicted molar refractivity (Wildman–Crippen MR) is 92.7 cm³/mol. The fourth-order valence-corrected chi connectivity index (χ4v) is 3.00. The minimum atomic E-state index is -4.52. The zero-order valence-corrected chi connectivity index (χ0v) is 14.4. The summed E-state index contributed by atoms with van der Waals surface area (Å²) < 4.78 is 38.3. The van der Waals surface area contributed by atoms with Crippen molar-refractivity contribution >= 4 is 17.7 Å². The molecule has 2 aromatic heterocycles. The molecule has 10 heteroatoms. The van der Waals surface area contributed by atoms with Gasteiger partial charge < -0.3 is 16.0 Å². The highest BCUT2D eigenvalue weighted by Gasteiger charge is 2.32. The maximum absolute atomic E-state index is 12.8. The number of alkyl halides is 3. The third kappa shape index (κ3) is 4.63. The number of nitrogens with zero attached hydrogens (tertiary/aromatic N) is 4. The molecule has 0 spiro atoms. The van der Waals surface area contributed by atoms with Crippen molar-refractivity contribution in [2.24, 2.45) is 11.7 Å². The molecule has 3 rings (SSSR count). The minimum absolute atomic E-state index is 0.105. The third-order valence-corrected chi connectivity index (χ3v) is 4.45. The first-order chi connectivity index (χ1) is 12.8. The molecule has 0 atom stereocenters. The minimum Gasteiger partial charge on any atom is -0.369 e. The molecule has 0 bridgehead atoms. The average Bonchev–Trinajstić information content (AvgIpc) is 2.66. The number of primary amides is 1. The molecule has 3 N–H and O–H groups in total. The van der Waals surface area contributed by atoms with Crippen molar-refractivity contribution < 1.29 is 18.0 Å². The lowest BCUT2D eigenvalue weighted by Crippen LogP contribution is -2.39. The van der Waals surface area contributed by atoms with Crippen LogP contribution in [0.1, 0.15) is 24.1 Å². The highest BCUT2D eigenvalue weighted by atomic mass is 19.4. The highest BCUT2D eigenvalue weighted by molar-refractivity contribution is 5.77. The van der Waals surface area contributed by atoms with Crippen LogP contribution < -0.4 is 16.0 Å². The Morgan fingerprint density at radius 3 is 2.63 bits per heavy atom. The number of nitrogens with one attached hydrogen (secondary N) is 1. The lowest BCUT2D eigenvalue weighted by atomic mass is 9.96. The van der Waals surface area contributed by atoms with E-state index in [4.69, 9.17) is 5.73 Å². The second kappa shape index (κ2) is 7.77. The SMILES string of the molecule is NC(=O)C1CCN(c2ncccc2CNc2nccc(C(F)(F)F)n2)CC1. The van der Waals surface area contributed by atoms with Crippen LogP contribution in [-0.2, 0) is 17.5 Å². The van der Waals surface area contributed by atoms with Crippen LogP contribution in [0.2, 0.25) is 0 Å². The molecule has 1 saturated heterocycles. The number of pyridine rings is 1. The van der Waals surface area contributed by atoms with Gasteiger partial charge in [-0.15, -0.1) is 0 Å². The van der Waals surface area contributed by atoms with E-state index in [1.54, 1.807) is 12.3 Å². The zero-order valence-electron chi connectivity index (χ0n) is 14.4. The largest absolute Gasteiger partial charge is 0.433 e. The molecule has 0 aromatic carbocycles. The summed E-state index contributed by atoms with van der Waals surface area (Å²) in [6.45, 7) is 1.50. The summed E-state index contributed by atoms with van der Waals surface area (Å²) >= 11 is 0. The molecule has 0 unspecified atom stereocenters. The molecule has 3 heterocycles. The summed E-state index contributed by atoms with van der Waals surface area (Å²) in [5.74, 6) is 0.191. The number of anilines is 2. The van der Waals surface area contributed by atoms with E-state index >= 15 is 0 Å². The van der Waals surface area contributed by atoms with Crippen LogP contribution >= 0.6 is 0 Å². The smallest absolute Gasteiger partial charge is 0.369 e. The van der Waals surface area contributed by atoms with Crippen molar-refractivity contribution in [1.29, 1.82) is 0 Å². The topological polar surface area (TPSA) is 97.0 Å². The van der Waals surface area contributed by atoms with Crippen LogP contribution in [0.4, 0.5) is 24.9 Å². The highest BCUT2D eigenvalue weighted by Crippen LogP contribution is 2.28. The van der Waals surface area contributed by atoms with E-state index in [-0.39, 0.29) is 24.3 Å². The number of hydrogen-bond acceptors (Lipinski definition) is 6. The fraction of sp³-hybridized carbons (Fsp3) is 0.412. The number of aromatic nitrogens is 3. The lowest BCUT2D eigenvalue weighted by molar-refractivity contribution is -0.141. The maximum Gasteiger partial charge on any atom is 0.433 e. The summed E-state index contributed by atoms with van der Waals surface area (Å²) in [7, 11) is 0. The summed E-state index contributed by atoms with van der Waals surface area (Å²) in [6.07, 6.45) is -0.509. The van der Waals surface area contributed by atoms with Crippen LogP contribution in [0.3, 0.4) is 0 Å². The number of nitrogens with two attached hydrogens (primary N) is 1. The second-order valence-corrected chi connectivity index (χ2v) is 6.27. The van der Waals surface area contributed by atoms with Gasteiger partial charge in [0, 0.05) is 43.5 Å². The van der Waals surface area contributed by atoms with E-state index in [1.807, 2.05) is 11.0 Å². The van der Waals surface area contributed by atoms with Crippen molar-refractivity contribution in [3.05, 3.63) is 41.9 Å². The number of halogens is 3. The van der Waals surface area contributed by atoms with Crippen LogP contribution in [-0.4, -0.2) is 33.9 Å². The van der Waals surface area contributed by atoms with Crippen LogP contribution in [0.15, 0.2) is 30.6 Å². The molecule has 1 amide bonds. The first kappa shape index (κ1) is 18.9. The molecule has 1 fully saturated rings. The molecule has 0 aliphatic carbocycles. The van der Waals surface area contributed by atoms with Crippen molar-refractivity contribution in [3.8, 4) is 0 Å². The Hall–Kier alpha value is -2.91. The van der Waals surface area contributed by atoms with Gasteiger partial charge in [-0.1, -0.05) is 6.07 Å². The van der Waals surface area contributed by atoms with Gasteiger partial charge >= 0.3 is 6.18 Å². The molecule has 0 saturated carbocycles. The zero-order chi connectivity index (χ0) is 19.4. The predicted octanol–water partition coefficient (Wildman–Crippen LogP) is 2.20. The van der Waals surface area contributed by atoms with E-state index in [0.29, 0.717) is 25.9 Å². The number of carbonyl (C=O) groups is 1. The number of rotatable bonds is 5. The van der Waals surface area contributed by atoms with E-state index in [2.05, 4.69) is 20.3 Å². The standard InChI is InChI=1S/C17H19F3N6O/c18-17(19,20)13-3-7-23-16(25-13)24-10-12-2-1-6-22-15(12)26-8-4-11(5-9-26)14(21)27/h1-3,6-7,11H,4-5,8-10H2,(H2,21,27)(H,23,24,25). The van der Waals surface area contributed by atoms with Crippen LogP contribution in [0.25, 0.3) is 0 Å². The number of carbonyl (C=O) groups excluding carboxylic acids is 1. The van der Waals surface area contributed by atoms with Crippen molar-refractivity contribution in [2.75, 3.05) is 23.3 Å². The normalized spacial score (nSPS) is 15.6. The number of hydrogen-bond donors (Lipinski definition) is 2. The van der Waals surface area contributed by atoms with Gasteiger partial charge in [0.2, 0.25) is 11.9 Å². The third-order valence-electron chi connectivity index (χ3n) is 4.45. The Labute approximate surface area is 153 Å². The Morgan fingerprint density at radius 1 is 1.22 bits per heavy atom. The Bertz CT molecular complexity index is 805. The van der Waals surface area contributed by atoms with Gasteiger partial charge in [-0.2, -0.15) is 13.2 Å². The summed E-state index contributed by atoms with van der Waals surface area (Å²) in [5, 5.41) is 2.82. The Kier molecular flexibility index (Phi) is 5.43. The van der Waals surface area contributed by atoms with Crippen molar-refractivity contribution in [2.45, 2.75) is 25.6 Å². The maximum atomic E-state index is 12.8. The van der Waals surface area contributed by atoms with E-state index < -0.39 is 11.9 Å². The van der Waals surface area contributed by atoms with Gasteiger partial charge in [-0.05, 0) is 25.0 Å². The van der Waals surface area contributed by atoms with Crippen LogP contribution in [0.5, 0.6) is 0 Å². The van der Waals surface area contributed by atoms with Crippen LogP contribution in [0, 0.1) is 5.92 Å². The molecule has 1 aliphatic heterocycles. The summed E-state index contributed by atoms with van der Waals surface area (Å²) in [6, 6.07) is 4.41. The van der Waals surface area contributed by atoms with Gasteiger partial charge in [0.15, 0.2) is 0 Å². The quantitative estimate of drug-likeness (QED) is 0.826. The molecule has 1 aliphatic rings. The summed E-state index contributed by atoms with van der Waals surface area (Å²) in [5.41, 5.74) is 5.16. The lowest BCUT2D eigenvalue weighted by Gasteiger charge is -2.32. The molecular formula is C17H19F3N6O. The Morgan fingerprint density at radius 2 is 1.96 bits per heavy atom. The van der Waals surface area contributed by atoms with Gasteiger partial charge in [-0.3, -0.25) is 4.79 Å². The first-order valence-electron chi connectivity index (χ1n) is 8.47. The molecule has 2 aromatic rings.